The number of carbonyl (C=O) groups excluding carboxylic acids is 1. The van der Waals surface area contributed by atoms with E-state index in [4.69, 9.17) is 25.8 Å². The third kappa shape index (κ3) is 3.14. The van der Waals surface area contributed by atoms with Crippen molar-refractivity contribution in [3.63, 3.8) is 0 Å². The van der Waals surface area contributed by atoms with Crippen molar-refractivity contribution in [1.82, 2.24) is 0 Å². The molecule has 0 aromatic heterocycles. The van der Waals surface area contributed by atoms with Crippen LogP contribution in [-0.2, 0) is 0 Å². The minimum Gasteiger partial charge on any atom is -0.484 e. The van der Waals surface area contributed by atoms with Crippen molar-refractivity contribution in [3.05, 3.63) is 51.5 Å². The van der Waals surface area contributed by atoms with Gasteiger partial charge in [0.15, 0.2) is 23.9 Å². The molecule has 108 valence electrons. The fourth-order valence-electron chi connectivity index (χ4n) is 1.89. The highest BCUT2D eigenvalue weighted by Gasteiger charge is 2.16. The second kappa shape index (κ2) is 5.95. The molecule has 4 nitrogen and oxygen atoms in total. The topological polar surface area (TPSA) is 44.8 Å². The molecular weight excluding hydrogens is 360 g/mol. The molecule has 0 aliphatic carbocycles. The molecule has 1 aliphatic heterocycles. The summed E-state index contributed by atoms with van der Waals surface area (Å²) >= 11 is 9.34. The van der Waals surface area contributed by atoms with Crippen molar-refractivity contribution in [2.75, 3.05) is 13.4 Å². The van der Waals surface area contributed by atoms with E-state index in [0.29, 0.717) is 27.8 Å². The molecule has 0 saturated heterocycles. The van der Waals surface area contributed by atoms with Crippen molar-refractivity contribution < 1.29 is 19.0 Å². The normalized spacial score (nSPS) is 12.3. The molecular formula is C15H10BrClO4. The first kappa shape index (κ1) is 14.2. The maximum Gasteiger partial charge on any atom is 0.231 e. The molecule has 0 atom stereocenters. The van der Waals surface area contributed by atoms with Crippen LogP contribution in [-0.4, -0.2) is 19.2 Å². The monoisotopic (exact) mass is 368 g/mol. The molecule has 3 rings (SSSR count). The first-order valence-electron chi connectivity index (χ1n) is 6.14. The predicted molar refractivity (Wildman–Crippen MR) is 81.5 cm³/mol. The zero-order chi connectivity index (χ0) is 14.8. The van der Waals surface area contributed by atoms with Gasteiger partial charge in [-0.3, -0.25) is 4.79 Å². The Hall–Kier alpha value is -1.72. The number of rotatable bonds is 4. The largest absolute Gasteiger partial charge is 0.484 e. The van der Waals surface area contributed by atoms with Gasteiger partial charge in [0.2, 0.25) is 6.79 Å². The number of ether oxygens (including phenoxy) is 3. The molecule has 0 bridgehead atoms. The summed E-state index contributed by atoms with van der Waals surface area (Å²) in [5, 5.41) is 0.447. The lowest BCUT2D eigenvalue weighted by Gasteiger charge is -2.08. The van der Waals surface area contributed by atoms with E-state index in [1.807, 2.05) is 0 Å². The van der Waals surface area contributed by atoms with Crippen LogP contribution >= 0.6 is 27.5 Å². The highest BCUT2D eigenvalue weighted by molar-refractivity contribution is 9.10. The minimum atomic E-state index is -0.160. The Labute approximate surface area is 134 Å². The standard InChI is InChI=1S/C15H10BrClO4/c16-10-2-4-13(11(17)6-10)19-7-12(18)9-1-3-14-15(5-9)21-8-20-14/h1-6H,7-8H2. The smallest absolute Gasteiger partial charge is 0.231 e. The van der Waals surface area contributed by atoms with E-state index in [-0.39, 0.29) is 19.2 Å². The minimum absolute atomic E-state index is 0.0962. The summed E-state index contributed by atoms with van der Waals surface area (Å²) in [4.78, 5) is 12.1. The number of hydrogen-bond acceptors (Lipinski definition) is 4. The molecule has 0 N–H and O–H groups in total. The molecule has 2 aromatic carbocycles. The molecule has 0 spiro atoms. The van der Waals surface area contributed by atoms with Crippen LogP contribution in [0.25, 0.3) is 0 Å². The third-order valence-corrected chi connectivity index (χ3v) is 3.74. The summed E-state index contributed by atoms with van der Waals surface area (Å²) in [6.07, 6.45) is 0. The van der Waals surface area contributed by atoms with Crippen LogP contribution in [0.3, 0.4) is 0 Å². The number of halogens is 2. The maximum absolute atomic E-state index is 12.1. The van der Waals surface area contributed by atoms with Crippen molar-refractivity contribution in [2.24, 2.45) is 0 Å². The summed E-state index contributed by atoms with van der Waals surface area (Å²) in [7, 11) is 0. The Kier molecular flexibility index (Phi) is 4.03. The fourth-order valence-corrected chi connectivity index (χ4v) is 2.62. The van der Waals surface area contributed by atoms with E-state index < -0.39 is 0 Å². The second-order valence-electron chi connectivity index (χ2n) is 4.35. The Bertz CT molecular complexity index is 702. The van der Waals surface area contributed by atoms with Gasteiger partial charge in [-0.2, -0.15) is 0 Å². The maximum atomic E-state index is 12.1. The van der Waals surface area contributed by atoms with Gasteiger partial charge >= 0.3 is 0 Å². The number of hydrogen-bond donors (Lipinski definition) is 0. The number of carbonyl (C=O) groups is 1. The molecule has 2 aromatic rings. The lowest BCUT2D eigenvalue weighted by molar-refractivity contribution is 0.0921. The molecule has 21 heavy (non-hydrogen) atoms. The van der Waals surface area contributed by atoms with Crippen LogP contribution < -0.4 is 14.2 Å². The molecule has 0 unspecified atom stereocenters. The van der Waals surface area contributed by atoms with Crippen molar-refractivity contribution in [2.45, 2.75) is 0 Å². The van der Waals surface area contributed by atoms with Crippen molar-refractivity contribution >= 4 is 33.3 Å². The van der Waals surface area contributed by atoms with Gasteiger partial charge in [0.1, 0.15) is 5.75 Å². The Balaban J connectivity index is 1.69. The van der Waals surface area contributed by atoms with Gasteiger partial charge in [-0.25, -0.2) is 0 Å². The highest BCUT2D eigenvalue weighted by Crippen LogP contribution is 2.33. The van der Waals surface area contributed by atoms with Gasteiger partial charge in [0, 0.05) is 10.0 Å². The number of Topliss-reactive ketones (excluding diaryl/α,β-unsaturated/α-hetero) is 1. The first-order chi connectivity index (χ1) is 10.1. The first-order valence-corrected chi connectivity index (χ1v) is 7.31. The van der Waals surface area contributed by atoms with Crippen LogP contribution in [0.2, 0.25) is 5.02 Å². The molecule has 0 saturated carbocycles. The number of fused-ring (bicyclic) bond motifs is 1. The number of ketones is 1. The van der Waals surface area contributed by atoms with Gasteiger partial charge in [-0.05, 0) is 36.4 Å². The average molecular weight is 370 g/mol. The van der Waals surface area contributed by atoms with E-state index in [0.717, 1.165) is 4.47 Å². The lowest BCUT2D eigenvalue weighted by Crippen LogP contribution is -2.11. The van der Waals surface area contributed by atoms with E-state index in [2.05, 4.69) is 15.9 Å². The lowest BCUT2D eigenvalue weighted by atomic mass is 10.1. The summed E-state index contributed by atoms with van der Waals surface area (Å²) in [6.45, 7) is 0.0823. The zero-order valence-electron chi connectivity index (χ0n) is 10.8. The molecule has 0 amide bonds. The molecule has 6 heteroatoms. The van der Waals surface area contributed by atoms with Gasteiger partial charge in [0.25, 0.3) is 0 Å². The SMILES string of the molecule is O=C(COc1ccc(Br)cc1Cl)c1ccc2c(c1)OCO2. The Morgan fingerprint density at radius 3 is 2.81 bits per heavy atom. The average Bonchev–Trinajstić information content (AvgIpc) is 2.93. The third-order valence-electron chi connectivity index (χ3n) is 2.95. The Morgan fingerprint density at radius 1 is 1.19 bits per heavy atom. The van der Waals surface area contributed by atoms with E-state index in [1.165, 1.54) is 0 Å². The summed E-state index contributed by atoms with van der Waals surface area (Å²) in [5.74, 6) is 1.52. The summed E-state index contributed by atoms with van der Waals surface area (Å²) < 4.78 is 16.7. The highest BCUT2D eigenvalue weighted by atomic mass is 79.9. The van der Waals surface area contributed by atoms with Crippen LogP contribution in [0, 0.1) is 0 Å². The molecule has 1 heterocycles. The van der Waals surface area contributed by atoms with Crippen LogP contribution in [0.4, 0.5) is 0 Å². The van der Waals surface area contributed by atoms with E-state index in [9.17, 15) is 4.79 Å². The second-order valence-corrected chi connectivity index (χ2v) is 5.68. The quantitative estimate of drug-likeness (QED) is 0.761. The Morgan fingerprint density at radius 2 is 2.00 bits per heavy atom. The van der Waals surface area contributed by atoms with Gasteiger partial charge in [-0.15, -0.1) is 0 Å². The molecule has 1 aliphatic rings. The summed E-state index contributed by atoms with van der Waals surface area (Å²) in [6, 6.07) is 10.3. The van der Waals surface area contributed by atoms with Crippen LogP contribution in [0.15, 0.2) is 40.9 Å². The molecule has 0 fully saturated rings. The van der Waals surface area contributed by atoms with Crippen LogP contribution in [0.5, 0.6) is 17.2 Å². The van der Waals surface area contributed by atoms with E-state index >= 15 is 0 Å². The number of benzene rings is 2. The fraction of sp³-hybridized carbons (Fsp3) is 0.133. The van der Waals surface area contributed by atoms with Crippen molar-refractivity contribution in [3.8, 4) is 17.2 Å². The summed E-state index contributed by atoms with van der Waals surface area (Å²) in [5.41, 5.74) is 0.507. The van der Waals surface area contributed by atoms with Gasteiger partial charge in [-0.1, -0.05) is 27.5 Å². The van der Waals surface area contributed by atoms with Gasteiger partial charge < -0.3 is 14.2 Å². The van der Waals surface area contributed by atoms with E-state index in [1.54, 1.807) is 36.4 Å². The zero-order valence-corrected chi connectivity index (χ0v) is 13.1. The molecule has 0 radical (unpaired) electrons. The van der Waals surface area contributed by atoms with Crippen LogP contribution in [0.1, 0.15) is 10.4 Å². The van der Waals surface area contributed by atoms with Gasteiger partial charge in [0.05, 0.1) is 5.02 Å². The predicted octanol–water partition coefficient (Wildman–Crippen LogP) is 4.09. The van der Waals surface area contributed by atoms with Crippen molar-refractivity contribution in [1.29, 1.82) is 0 Å².